The van der Waals surface area contributed by atoms with Gasteiger partial charge in [-0.15, -0.1) is 0 Å². The van der Waals surface area contributed by atoms with Crippen molar-refractivity contribution in [1.82, 2.24) is 9.97 Å². The summed E-state index contributed by atoms with van der Waals surface area (Å²) >= 11 is 0. The Morgan fingerprint density at radius 1 is 0.762 bits per heavy atom. The van der Waals surface area contributed by atoms with Gasteiger partial charge in [-0.25, -0.2) is 0 Å². The molecular weight excluding hydrogens is 268 g/mol. The van der Waals surface area contributed by atoms with Crippen molar-refractivity contribution in [2.75, 3.05) is 13.2 Å². The summed E-state index contributed by atoms with van der Waals surface area (Å²) in [6, 6.07) is 7.40. The number of nitrogens with zero attached hydrogens (tertiary/aromatic N) is 4. The molecule has 2 rings (SSSR count). The lowest BCUT2D eigenvalue weighted by atomic mass is 10.3. The van der Waals surface area contributed by atoms with Crippen LogP contribution in [0.1, 0.15) is 17.5 Å². The molecule has 0 unspecified atom stereocenters. The molecule has 0 fully saturated rings. The second-order valence-electron chi connectivity index (χ2n) is 4.05. The van der Waals surface area contributed by atoms with Crippen molar-refractivity contribution >= 4 is 12.4 Å². The van der Waals surface area contributed by atoms with E-state index in [4.69, 9.17) is 9.68 Å². The lowest BCUT2D eigenvalue weighted by Gasteiger charge is -1.99. The normalized spacial score (nSPS) is 11.0. The Kier molecular flexibility index (Phi) is 6.41. The average molecular weight is 284 g/mol. The van der Waals surface area contributed by atoms with E-state index in [-0.39, 0.29) is 0 Å². The first kappa shape index (κ1) is 14.6. The highest BCUT2D eigenvalue weighted by Gasteiger charge is 1.89. The molecule has 0 N–H and O–H groups in total. The zero-order valence-electron chi connectivity index (χ0n) is 11.5. The van der Waals surface area contributed by atoms with Gasteiger partial charge in [0.05, 0.1) is 12.4 Å². The maximum atomic E-state index is 5.11. The fourth-order valence-electron chi connectivity index (χ4n) is 1.39. The van der Waals surface area contributed by atoms with Gasteiger partial charge in [-0.1, -0.05) is 10.3 Å². The van der Waals surface area contributed by atoms with Crippen LogP contribution in [0, 0.1) is 0 Å². The number of oxime groups is 2. The molecule has 0 aliphatic rings. The van der Waals surface area contributed by atoms with Crippen LogP contribution in [0.25, 0.3) is 0 Å². The standard InChI is InChI=1S/C15H16N4O2/c1(10-20-18-12-14-2-6-16-7-3-14)11-21-19-13-15-4-8-17-9-5-15/h2-9,12-13H,1,10-11H2/b18-12+,19-13+. The van der Waals surface area contributed by atoms with Crippen molar-refractivity contribution in [2.45, 2.75) is 6.42 Å². The first-order chi connectivity index (χ1) is 10.4. The molecule has 0 aliphatic heterocycles. The largest absolute Gasteiger partial charge is 0.396 e. The highest BCUT2D eigenvalue weighted by atomic mass is 16.6. The first-order valence-electron chi connectivity index (χ1n) is 6.56. The molecule has 21 heavy (non-hydrogen) atoms. The lowest BCUT2D eigenvalue weighted by molar-refractivity contribution is 0.0914. The Morgan fingerprint density at radius 2 is 1.19 bits per heavy atom. The van der Waals surface area contributed by atoms with Gasteiger partial charge in [0, 0.05) is 31.2 Å². The molecule has 0 aromatic carbocycles. The SMILES string of the molecule is C(=N\OCCCO/N=C/c1ccncc1)/c1ccncc1. The van der Waals surface area contributed by atoms with E-state index in [0.29, 0.717) is 19.6 Å². The zero-order chi connectivity index (χ0) is 14.6. The fourth-order valence-corrected chi connectivity index (χ4v) is 1.39. The van der Waals surface area contributed by atoms with Crippen LogP contribution in [-0.2, 0) is 9.68 Å². The van der Waals surface area contributed by atoms with Crippen LogP contribution in [0.3, 0.4) is 0 Å². The van der Waals surface area contributed by atoms with Gasteiger partial charge in [-0.3, -0.25) is 9.97 Å². The summed E-state index contributed by atoms with van der Waals surface area (Å²) in [5, 5.41) is 7.71. The zero-order valence-corrected chi connectivity index (χ0v) is 11.5. The minimum atomic E-state index is 0.479. The van der Waals surface area contributed by atoms with Gasteiger partial charge in [-0.05, 0) is 35.4 Å². The van der Waals surface area contributed by atoms with E-state index >= 15 is 0 Å². The van der Waals surface area contributed by atoms with Crippen molar-refractivity contribution in [2.24, 2.45) is 10.3 Å². The van der Waals surface area contributed by atoms with Crippen molar-refractivity contribution in [3.63, 3.8) is 0 Å². The van der Waals surface area contributed by atoms with Crippen LogP contribution in [0.2, 0.25) is 0 Å². The number of rotatable bonds is 8. The molecule has 2 aromatic rings. The molecule has 108 valence electrons. The maximum Gasteiger partial charge on any atom is 0.120 e. The predicted octanol–water partition coefficient (Wildman–Crippen LogP) is 2.27. The average Bonchev–Trinajstić information content (AvgIpc) is 2.55. The van der Waals surface area contributed by atoms with Crippen LogP contribution in [0.4, 0.5) is 0 Å². The minimum Gasteiger partial charge on any atom is -0.396 e. The van der Waals surface area contributed by atoms with Gasteiger partial charge in [0.2, 0.25) is 0 Å². The van der Waals surface area contributed by atoms with E-state index in [9.17, 15) is 0 Å². The highest BCUT2D eigenvalue weighted by Crippen LogP contribution is 1.94. The monoisotopic (exact) mass is 284 g/mol. The second kappa shape index (κ2) is 9.19. The molecule has 0 bridgehead atoms. The Balaban J connectivity index is 1.52. The number of hydrogen-bond acceptors (Lipinski definition) is 6. The van der Waals surface area contributed by atoms with Gasteiger partial charge in [0.15, 0.2) is 0 Å². The highest BCUT2D eigenvalue weighted by molar-refractivity contribution is 5.79. The van der Waals surface area contributed by atoms with Gasteiger partial charge < -0.3 is 9.68 Å². The van der Waals surface area contributed by atoms with E-state index in [2.05, 4.69) is 20.3 Å². The Bertz CT molecular complexity index is 507. The van der Waals surface area contributed by atoms with Crippen LogP contribution in [0.15, 0.2) is 59.4 Å². The van der Waals surface area contributed by atoms with Gasteiger partial charge >= 0.3 is 0 Å². The lowest BCUT2D eigenvalue weighted by Crippen LogP contribution is -1.95. The summed E-state index contributed by atoms with van der Waals surface area (Å²) < 4.78 is 0. The third-order valence-electron chi connectivity index (χ3n) is 2.44. The van der Waals surface area contributed by atoms with Gasteiger partial charge in [0.1, 0.15) is 13.2 Å². The topological polar surface area (TPSA) is 69.0 Å². The minimum absolute atomic E-state index is 0.479. The molecule has 0 saturated carbocycles. The molecule has 0 atom stereocenters. The molecular formula is C15H16N4O2. The van der Waals surface area contributed by atoms with Crippen molar-refractivity contribution in [3.8, 4) is 0 Å². The number of pyridine rings is 2. The number of aromatic nitrogens is 2. The van der Waals surface area contributed by atoms with E-state index in [1.807, 2.05) is 24.3 Å². The van der Waals surface area contributed by atoms with Crippen LogP contribution < -0.4 is 0 Å². The third-order valence-corrected chi connectivity index (χ3v) is 2.44. The van der Waals surface area contributed by atoms with Crippen molar-refractivity contribution < 1.29 is 9.68 Å². The molecule has 0 aliphatic carbocycles. The molecule has 0 saturated heterocycles. The molecule has 2 aromatic heterocycles. The van der Waals surface area contributed by atoms with Crippen LogP contribution in [0.5, 0.6) is 0 Å². The summed E-state index contributed by atoms with van der Waals surface area (Å²) in [7, 11) is 0. The maximum absolute atomic E-state index is 5.11. The molecule has 6 nitrogen and oxygen atoms in total. The summed E-state index contributed by atoms with van der Waals surface area (Å²) in [4.78, 5) is 18.1. The fraction of sp³-hybridized carbons (Fsp3) is 0.200. The van der Waals surface area contributed by atoms with Crippen molar-refractivity contribution in [3.05, 3.63) is 60.2 Å². The Hall–Kier alpha value is -2.76. The summed E-state index contributed by atoms with van der Waals surface area (Å²) in [5.74, 6) is 0. The van der Waals surface area contributed by atoms with Crippen LogP contribution >= 0.6 is 0 Å². The Morgan fingerprint density at radius 3 is 1.62 bits per heavy atom. The van der Waals surface area contributed by atoms with E-state index in [1.54, 1.807) is 37.2 Å². The predicted molar refractivity (Wildman–Crippen MR) is 80.2 cm³/mol. The molecule has 2 heterocycles. The molecule has 6 heteroatoms. The molecule has 0 amide bonds. The van der Waals surface area contributed by atoms with Crippen LogP contribution in [-0.4, -0.2) is 35.6 Å². The number of hydrogen-bond donors (Lipinski definition) is 0. The second-order valence-corrected chi connectivity index (χ2v) is 4.05. The summed E-state index contributed by atoms with van der Waals surface area (Å²) in [6.45, 7) is 0.957. The first-order valence-corrected chi connectivity index (χ1v) is 6.56. The molecule has 0 spiro atoms. The quantitative estimate of drug-likeness (QED) is 0.423. The van der Waals surface area contributed by atoms with E-state index in [1.165, 1.54) is 0 Å². The smallest absolute Gasteiger partial charge is 0.120 e. The van der Waals surface area contributed by atoms with E-state index < -0.39 is 0 Å². The van der Waals surface area contributed by atoms with Gasteiger partial charge in [0.25, 0.3) is 0 Å². The summed E-state index contributed by atoms with van der Waals surface area (Å²) in [6.07, 6.45) is 10.8. The van der Waals surface area contributed by atoms with E-state index in [0.717, 1.165) is 11.1 Å². The van der Waals surface area contributed by atoms with Gasteiger partial charge in [-0.2, -0.15) is 0 Å². The van der Waals surface area contributed by atoms with Crippen molar-refractivity contribution in [1.29, 1.82) is 0 Å². The Labute approximate surface area is 123 Å². The summed E-state index contributed by atoms with van der Waals surface area (Å²) in [5.41, 5.74) is 1.89. The molecule has 0 radical (unpaired) electrons. The third kappa shape index (κ3) is 6.29.